The lowest BCUT2D eigenvalue weighted by atomic mass is 10.3. The van der Waals surface area contributed by atoms with Crippen LogP contribution in [0.2, 0.25) is 0 Å². The van der Waals surface area contributed by atoms with Crippen molar-refractivity contribution >= 4 is 39.1 Å². The van der Waals surface area contributed by atoms with E-state index in [1.807, 2.05) is 0 Å². The number of benzene rings is 1. The van der Waals surface area contributed by atoms with Crippen LogP contribution < -0.4 is 0 Å². The summed E-state index contributed by atoms with van der Waals surface area (Å²) in [5.41, 5.74) is 0.432. The van der Waals surface area contributed by atoms with E-state index in [1.165, 1.54) is 0 Å². The van der Waals surface area contributed by atoms with Crippen LogP contribution in [0.1, 0.15) is 0 Å². The van der Waals surface area contributed by atoms with Gasteiger partial charge < -0.3 is 5.21 Å². The maximum atomic E-state index is 11.1. The summed E-state index contributed by atoms with van der Waals surface area (Å²) >= 11 is 3.23. The molecule has 0 aliphatic carbocycles. The number of hydrogen-bond acceptors (Lipinski definition) is 2. The van der Waals surface area contributed by atoms with E-state index in [-0.39, 0.29) is 0 Å². The van der Waals surface area contributed by atoms with Crippen molar-refractivity contribution in [3.05, 3.63) is 27.9 Å². The van der Waals surface area contributed by atoms with E-state index in [2.05, 4.69) is 22.6 Å². The Morgan fingerprint density at radius 2 is 2.23 bits per heavy atom. The van der Waals surface area contributed by atoms with Crippen LogP contribution in [0.25, 0.3) is 0 Å². The molecule has 3 nitrogen and oxygen atoms in total. The molecule has 0 aromatic heterocycles. The molecule has 0 bridgehead atoms. The predicted molar refractivity (Wildman–Crippen MR) is 56.9 cm³/mol. The zero-order valence-electron chi connectivity index (χ0n) is 6.99. The quantitative estimate of drug-likeness (QED) is 0.354. The third-order valence-electron chi connectivity index (χ3n) is 1.51. The molecule has 0 saturated carbocycles. The van der Waals surface area contributed by atoms with Crippen LogP contribution in [0, 0.1) is 5.21 Å². The van der Waals surface area contributed by atoms with Crippen molar-refractivity contribution in [1.82, 2.24) is 0 Å². The lowest BCUT2D eigenvalue weighted by Crippen LogP contribution is -1.93. The van der Waals surface area contributed by atoms with Gasteiger partial charge in [0.25, 0.3) is 0 Å². The first kappa shape index (κ1) is 10.4. The third-order valence-corrected chi connectivity index (χ3v) is 3.41. The van der Waals surface area contributed by atoms with Gasteiger partial charge >= 0.3 is 0 Å². The highest BCUT2D eigenvalue weighted by atomic mass is 79.9. The molecule has 1 aromatic rings. The fourth-order valence-corrected chi connectivity index (χ4v) is 2.52. The Labute approximate surface area is 87.3 Å². The molecule has 5 heteroatoms. The number of hydrogen-bond donors (Lipinski definition) is 0. The van der Waals surface area contributed by atoms with E-state index in [0.717, 1.165) is 0 Å². The average molecular weight is 262 g/mol. The smallest absolute Gasteiger partial charge is 0.217 e. The second-order valence-corrected chi connectivity index (χ2v) is 4.65. The first-order valence-corrected chi connectivity index (χ1v) is 5.78. The van der Waals surface area contributed by atoms with Gasteiger partial charge in [-0.2, -0.15) is 4.74 Å². The highest BCUT2D eigenvalue weighted by Gasteiger charge is 2.07. The summed E-state index contributed by atoms with van der Waals surface area (Å²) < 4.78 is 12.3. The fourth-order valence-electron chi connectivity index (χ4n) is 0.878. The van der Waals surface area contributed by atoms with Gasteiger partial charge in [-0.15, -0.1) is 0 Å². The van der Waals surface area contributed by atoms with E-state index >= 15 is 0 Å². The van der Waals surface area contributed by atoms with Crippen molar-refractivity contribution in [2.45, 2.75) is 4.90 Å². The average Bonchev–Trinajstić information content (AvgIpc) is 2.03. The fraction of sp³-hybridized carbons (Fsp3) is 0.125. The largest absolute Gasteiger partial charge is 0.619 e. The molecule has 0 fully saturated rings. The van der Waals surface area contributed by atoms with Gasteiger partial charge in [0.1, 0.15) is 6.72 Å². The van der Waals surface area contributed by atoms with Gasteiger partial charge in [-0.3, -0.25) is 4.21 Å². The van der Waals surface area contributed by atoms with Gasteiger partial charge in [0.2, 0.25) is 5.69 Å². The van der Waals surface area contributed by atoms with Crippen molar-refractivity contribution in [2.24, 2.45) is 0 Å². The Balaban J connectivity index is 3.20. The molecule has 1 rings (SSSR count). The summed E-state index contributed by atoms with van der Waals surface area (Å²) in [7, 11) is -1.05. The summed E-state index contributed by atoms with van der Waals surface area (Å²) in [5, 5.41) is 10.8. The van der Waals surface area contributed by atoms with Crippen LogP contribution in [0.5, 0.6) is 0 Å². The molecule has 70 valence electrons. The molecular formula is C8H8BrNO2S. The maximum Gasteiger partial charge on any atom is 0.217 e. The first-order valence-electron chi connectivity index (χ1n) is 3.43. The lowest BCUT2D eigenvalue weighted by Gasteiger charge is -2.03. The molecule has 0 heterocycles. The van der Waals surface area contributed by atoms with Crippen LogP contribution in [-0.4, -0.2) is 21.9 Å². The Morgan fingerprint density at radius 1 is 1.62 bits per heavy atom. The maximum absolute atomic E-state index is 11.1. The third kappa shape index (κ3) is 2.38. The summed E-state index contributed by atoms with van der Waals surface area (Å²) in [6, 6.07) is 4.82. The van der Waals surface area contributed by atoms with Crippen LogP contribution in [0.15, 0.2) is 27.6 Å². The molecule has 1 atom stereocenters. The second kappa shape index (κ2) is 4.02. The predicted octanol–water partition coefficient (Wildman–Crippen LogP) is 2.03. The van der Waals surface area contributed by atoms with Crippen LogP contribution in [-0.2, 0) is 10.8 Å². The van der Waals surface area contributed by atoms with Gasteiger partial charge in [0.05, 0.1) is 15.7 Å². The van der Waals surface area contributed by atoms with E-state index in [4.69, 9.17) is 0 Å². The molecule has 13 heavy (non-hydrogen) atoms. The molecule has 0 aliphatic heterocycles. The van der Waals surface area contributed by atoms with E-state index in [0.29, 0.717) is 19.8 Å². The van der Waals surface area contributed by atoms with Gasteiger partial charge in [0, 0.05) is 22.9 Å². The van der Waals surface area contributed by atoms with Gasteiger partial charge in [-0.25, -0.2) is 0 Å². The minimum absolute atomic E-state index is 0.432. The Bertz CT molecular complexity index is 378. The molecule has 0 saturated heterocycles. The molecule has 0 amide bonds. The molecular weight excluding hydrogens is 254 g/mol. The molecule has 0 aliphatic rings. The van der Waals surface area contributed by atoms with E-state index in [1.54, 1.807) is 24.5 Å². The van der Waals surface area contributed by atoms with Gasteiger partial charge in [-0.05, 0) is 22.0 Å². The number of nitrogens with zero attached hydrogens (tertiary/aromatic N) is 1. The highest BCUT2D eigenvalue weighted by molar-refractivity contribution is 9.10. The van der Waals surface area contributed by atoms with Gasteiger partial charge in [-0.1, -0.05) is 0 Å². The molecule has 0 radical (unpaired) electrons. The van der Waals surface area contributed by atoms with Crippen molar-refractivity contribution < 1.29 is 8.95 Å². The monoisotopic (exact) mass is 261 g/mol. The van der Waals surface area contributed by atoms with Gasteiger partial charge in [0.15, 0.2) is 0 Å². The standard InChI is InChI=1S/C8H8BrNO2S/c1-10(11)6-3-4-8(13(2)12)7(9)5-6/h3-5H,1H2,2H3. The zero-order valence-corrected chi connectivity index (χ0v) is 9.39. The lowest BCUT2D eigenvalue weighted by molar-refractivity contribution is -0.350. The van der Waals surface area contributed by atoms with E-state index < -0.39 is 10.8 Å². The van der Waals surface area contributed by atoms with Crippen molar-refractivity contribution in [2.75, 3.05) is 6.26 Å². The molecule has 1 unspecified atom stereocenters. The number of halogens is 1. The minimum Gasteiger partial charge on any atom is -0.619 e. The Kier molecular flexibility index (Phi) is 3.22. The summed E-state index contributed by atoms with van der Waals surface area (Å²) in [6.07, 6.45) is 1.58. The van der Waals surface area contributed by atoms with Crippen LogP contribution >= 0.6 is 15.9 Å². The first-order chi connectivity index (χ1) is 6.02. The van der Waals surface area contributed by atoms with Crippen molar-refractivity contribution in [3.8, 4) is 0 Å². The molecule has 1 aromatic carbocycles. The summed E-state index contributed by atoms with van der Waals surface area (Å²) in [6.45, 7) is 3.21. The zero-order chi connectivity index (χ0) is 10.0. The SMILES string of the molecule is C=[N+]([O-])c1ccc(S(C)=O)c(Br)c1. The second-order valence-electron chi connectivity index (χ2n) is 2.45. The Morgan fingerprint density at radius 3 is 2.62 bits per heavy atom. The normalized spacial score (nSPS) is 12.5. The topological polar surface area (TPSA) is 43.1 Å². The van der Waals surface area contributed by atoms with Crippen molar-refractivity contribution in [1.29, 1.82) is 0 Å². The van der Waals surface area contributed by atoms with Crippen molar-refractivity contribution in [3.63, 3.8) is 0 Å². The van der Waals surface area contributed by atoms with Crippen LogP contribution in [0.3, 0.4) is 0 Å². The summed E-state index contributed by atoms with van der Waals surface area (Å²) in [4.78, 5) is 0.672. The Hall–Kier alpha value is -0.680. The molecule has 0 spiro atoms. The number of rotatable bonds is 2. The van der Waals surface area contributed by atoms with Crippen LogP contribution in [0.4, 0.5) is 5.69 Å². The highest BCUT2D eigenvalue weighted by Crippen LogP contribution is 2.24. The summed E-state index contributed by atoms with van der Waals surface area (Å²) in [5.74, 6) is 0. The van der Waals surface area contributed by atoms with E-state index in [9.17, 15) is 9.42 Å². The minimum atomic E-state index is -1.05. The molecule has 0 N–H and O–H groups in total.